The number of aliphatic hydroxyl groups is 1. The first-order chi connectivity index (χ1) is 12.9. The van der Waals surface area contributed by atoms with E-state index in [1.54, 1.807) is 29.8 Å². The minimum atomic E-state index is -0.531. The van der Waals surface area contributed by atoms with E-state index in [4.69, 9.17) is 17.3 Å². The van der Waals surface area contributed by atoms with Crippen LogP contribution in [0.4, 0.5) is 17.5 Å². The van der Waals surface area contributed by atoms with Crippen molar-refractivity contribution in [3.05, 3.63) is 28.8 Å². The molecule has 144 valence electrons. The standard InChI is InChI=1S/C17H23ClN8O/c1-9(2)26-16-14(24-25-26)15(22-17(23-16)21-7-10(3)27)20-8-11-12(18)5-4-6-13(11)19/h4-6,9-10,27H,7-8,19H2,1-3H3,(H2,20,21,22,23). The fourth-order valence-corrected chi connectivity index (χ4v) is 2.80. The van der Waals surface area contributed by atoms with Gasteiger partial charge in [-0.1, -0.05) is 22.9 Å². The average Bonchev–Trinajstić information content (AvgIpc) is 3.03. The number of nitrogens with zero attached hydrogens (tertiary/aromatic N) is 5. The Morgan fingerprint density at radius 3 is 2.67 bits per heavy atom. The highest BCUT2D eigenvalue weighted by Gasteiger charge is 2.17. The van der Waals surface area contributed by atoms with Gasteiger partial charge in [-0.05, 0) is 32.9 Å². The zero-order valence-electron chi connectivity index (χ0n) is 15.4. The molecule has 1 atom stereocenters. The van der Waals surface area contributed by atoms with Gasteiger partial charge in [0.05, 0.1) is 12.1 Å². The quantitative estimate of drug-likeness (QED) is 0.453. The van der Waals surface area contributed by atoms with Crippen molar-refractivity contribution in [3.8, 4) is 0 Å². The molecule has 27 heavy (non-hydrogen) atoms. The number of rotatable bonds is 7. The van der Waals surface area contributed by atoms with Gasteiger partial charge in [-0.25, -0.2) is 4.68 Å². The largest absolute Gasteiger partial charge is 0.398 e. The highest BCUT2D eigenvalue weighted by atomic mass is 35.5. The minimum absolute atomic E-state index is 0.0848. The third kappa shape index (κ3) is 4.20. The topological polar surface area (TPSA) is 127 Å². The second kappa shape index (κ2) is 7.93. The summed E-state index contributed by atoms with van der Waals surface area (Å²) in [6.07, 6.45) is -0.531. The fraction of sp³-hybridized carbons (Fsp3) is 0.412. The molecule has 0 radical (unpaired) electrons. The predicted molar refractivity (Wildman–Crippen MR) is 107 cm³/mol. The van der Waals surface area contributed by atoms with Gasteiger partial charge in [0.15, 0.2) is 17.0 Å². The summed E-state index contributed by atoms with van der Waals surface area (Å²) in [5, 5.41) is 24.7. The molecule has 0 aliphatic heterocycles. The summed E-state index contributed by atoms with van der Waals surface area (Å²) in [6.45, 7) is 6.38. The van der Waals surface area contributed by atoms with Gasteiger partial charge in [-0.15, -0.1) is 5.10 Å². The lowest BCUT2D eigenvalue weighted by molar-refractivity contribution is 0.208. The van der Waals surface area contributed by atoms with Crippen molar-refractivity contribution >= 4 is 40.2 Å². The Balaban J connectivity index is 1.97. The lowest BCUT2D eigenvalue weighted by atomic mass is 10.2. The zero-order valence-corrected chi connectivity index (χ0v) is 16.2. The molecule has 0 fully saturated rings. The summed E-state index contributed by atoms with van der Waals surface area (Å²) in [5.41, 5.74) is 8.55. The predicted octanol–water partition coefficient (Wildman–Crippen LogP) is 2.44. The Morgan fingerprint density at radius 2 is 2.00 bits per heavy atom. The van der Waals surface area contributed by atoms with Crippen molar-refractivity contribution in [1.29, 1.82) is 0 Å². The van der Waals surface area contributed by atoms with E-state index in [0.717, 1.165) is 5.56 Å². The number of nitrogen functional groups attached to an aromatic ring is 1. The SMILES string of the molecule is CC(O)CNc1nc(NCc2c(N)cccc2Cl)c2nnn(C(C)C)c2n1. The summed E-state index contributed by atoms with van der Waals surface area (Å²) in [7, 11) is 0. The molecule has 0 saturated heterocycles. The molecule has 0 saturated carbocycles. The smallest absolute Gasteiger partial charge is 0.226 e. The molecule has 3 aromatic rings. The van der Waals surface area contributed by atoms with Crippen molar-refractivity contribution in [2.75, 3.05) is 22.9 Å². The van der Waals surface area contributed by atoms with Gasteiger partial charge < -0.3 is 21.5 Å². The van der Waals surface area contributed by atoms with Crippen molar-refractivity contribution in [3.63, 3.8) is 0 Å². The van der Waals surface area contributed by atoms with Crippen LogP contribution in [0.15, 0.2) is 18.2 Å². The second-order valence-corrected chi connectivity index (χ2v) is 6.99. The molecule has 0 aliphatic rings. The highest BCUT2D eigenvalue weighted by Crippen LogP contribution is 2.26. The minimum Gasteiger partial charge on any atom is -0.398 e. The van der Waals surface area contributed by atoms with Crippen molar-refractivity contribution in [2.45, 2.75) is 39.5 Å². The van der Waals surface area contributed by atoms with Gasteiger partial charge in [0.2, 0.25) is 5.95 Å². The summed E-state index contributed by atoms with van der Waals surface area (Å²) in [4.78, 5) is 8.97. The second-order valence-electron chi connectivity index (χ2n) is 6.59. The molecule has 0 bridgehead atoms. The molecule has 10 heteroatoms. The molecule has 9 nitrogen and oxygen atoms in total. The van der Waals surface area contributed by atoms with Gasteiger partial charge in [-0.3, -0.25) is 0 Å². The lowest BCUT2D eigenvalue weighted by Gasteiger charge is -2.13. The van der Waals surface area contributed by atoms with Crippen LogP contribution >= 0.6 is 11.6 Å². The van der Waals surface area contributed by atoms with Gasteiger partial charge >= 0.3 is 0 Å². The molecule has 2 heterocycles. The summed E-state index contributed by atoms with van der Waals surface area (Å²) < 4.78 is 1.72. The summed E-state index contributed by atoms with van der Waals surface area (Å²) >= 11 is 6.25. The average molecular weight is 391 g/mol. The van der Waals surface area contributed by atoms with Crippen LogP contribution in [0, 0.1) is 0 Å². The van der Waals surface area contributed by atoms with E-state index in [9.17, 15) is 5.11 Å². The van der Waals surface area contributed by atoms with E-state index in [1.165, 1.54) is 0 Å². The lowest BCUT2D eigenvalue weighted by Crippen LogP contribution is -2.18. The third-order valence-corrected chi connectivity index (χ3v) is 4.31. The van der Waals surface area contributed by atoms with E-state index in [0.29, 0.717) is 46.7 Å². The number of nitrogens with one attached hydrogen (secondary N) is 2. The first-order valence-corrected chi connectivity index (χ1v) is 9.06. The molecule has 0 amide bonds. The number of fused-ring (bicyclic) bond motifs is 1. The van der Waals surface area contributed by atoms with Gasteiger partial charge in [0.1, 0.15) is 0 Å². The van der Waals surface area contributed by atoms with E-state index in [1.807, 2.05) is 13.8 Å². The Kier molecular flexibility index (Phi) is 5.62. The maximum Gasteiger partial charge on any atom is 0.226 e. The van der Waals surface area contributed by atoms with E-state index < -0.39 is 6.10 Å². The number of hydrogen-bond acceptors (Lipinski definition) is 8. The van der Waals surface area contributed by atoms with Crippen LogP contribution < -0.4 is 16.4 Å². The maximum absolute atomic E-state index is 9.52. The first-order valence-electron chi connectivity index (χ1n) is 8.68. The van der Waals surface area contributed by atoms with E-state index >= 15 is 0 Å². The molecule has 3 rings (SSSR count). The number of anilines is 3. The van der Waals surface area contributed by atoms with Crippen LogP contribution in [-0.2, 0) is 6.54 Å². The fourth-order valence-electron chi connectivity index (χ4n) is 2.55. The summed E-state index contributed by atoms with van der Waals surface area (Å²) in [6, 6.07) is 5.47. The number of aromatic nitrogens is 5. The van der Waals surface area contributed by atoms with Crippen LogP contribution in [0.1, 0.15) is 32.4 Å². The monoisotopic (exact) mass is 390 g/mol. The molecule has 2 aromatic heterocycles. The molecule has 0 aliphatic carbocycles. The Bertz CT molecular complexity index is 920. The molecule has 1 aromatic carbocycles. The Morgan fingerprint density at radius 1 is 1.22 bits per heavy atom. The number of nitrogens with two attached hydrogens (primary N) is 1. The molecule has 0 spiro atoms. The van der Waals surface area contributed by atoms with Gasteiger partial charge in [0, 0.05) is 29.4 Å². The summed E-state index contributed by atoms with van der Waals surface area (Å²) in [5.74, 6) is 0.890. The molecular formula is C17H23ClN8O. The van der Waals surface area contributed by atoms with Crippen molar-refractivity contribution in [2.24, 2.45) is 0 Å². The number of halogens is 1. The van der Waals surface area contributed by atoms with E-state index in [-0.39, 0.29) is 6.04 Å². The third-order valence-electron chi connectivity index (χ3n) is 3.96. The molecule has 1 unspecified atom stereocenters. The van der Waals surface area contributed by atoms with Crippen molar-refractivity contribution in [1.82, 2.24) is 25.0 Å². The van der Waals surface area contributed by atoms with Crippen LogP contribution in [0.3, 0.4) is 0 Å². The van der Waals surface area contributed by atoms with Crippen LogP contribution in [0.5, 0.6) is 0 Å². The van der Waals surface area contributed by atoms with Crippen LogP contribution in [0.2, 0.25) is 5.02 Å². The van der Waals surface area contributed by atoms with Gasteiger partial charge in [0.25, 0.3) is 0 Å². The highest BCUT2D eigenvalue weighted by molar-refractivity contribution is 6.31. The number of benzene rings is 1. The molecular weight excluding hydrogens is 368 g/mol. The van der Waals surface area contributed by atoms with Crippen LogP contribution in [-0.4, -0.2) is 42.7 Å². The van der Waals surface area contributed by atoms with Gasteiger partial charge in [-0.2, -0.15) is 9.97 Å². The Hall–Kier alpha value is -2.65. The van der Waals surface area contributed by atoms with E-state index in [2.05, 4.69) is 30.9 Å². The number of aliphatic hydroxyl groups excluding tert-OH is 1. The normalized spacial score (nSPS) is 12.5. The van der Waals surface area contributed by atoms with Crippen molar-refractivity contribution < 1.29 is 5.11 Å². The maximum atomic E-state index is 9.52. The first kappa shape index (κ1) is 19.1. The van der Waals surface area contributed by atoms with Crippen LogP contribution in [0.25, 0.3) is 11.2 Å². The zero-order chi connectivity index (χ0) is 19.6. The number of hydrogen-bond donors (Lipinski definition) is 4. The molecule has 5 N–H and O–H groups in total. The Labute approximate surface area is 161 Å².